The maximum atomic E-state index is 6.06. The Balaban J connectivity index is 2.01. The number of hydrogen-bond acceptors (Lipinski definition) is 4. The lowest BCUT2D eigenvalue weighted by Gasteiger charge is -2.11. The lowest BCUT2D eigenvalue weighted by molar-refractivity contribution is 0.362. The molecule has 3 rings (SSSR count). The van der Waals surface area contributed by atoms with E-state index in [0.29, 0.717) is 11.7 Å². The third-order valence-electron chi connectivity index (χ3n) is 4.36. The van der Waals surface area contributed by atoms with Crippen LogP contribution in [0.1, 0.15) is 37.0 Å². The molecule has 1 aromatic heterocycles. The predicted octanol–water partition coefficient (Wildman–Crippen LogP) is 3.97. The number of benzene rings is 1. The lowest BCUT2D eigenvalue weighted by Crippen LogP contribution is -2.00. The van der Waals surface area contributed by atoms with Crippen LogP contribution in [0.5, 0.6) is 5.75 Å². The lowest BCUT2D eigenvalue weighted by atomic mass is 9.96. The van der Waals surface area contributed by atoms with Gasteiger partial charge in [0.15, 0.2) is 5.82 Å². The monoisotopic (exact) mass is 286 g/mol. The minimum absolute atomic E-state index is 0.451. The minimum Gasteiger partial charge on any atom is -0.496 e. The van der Waals surface area contributed by atoms with Gasteiger partial charge in [-0.25, -0.2) is 0 Å². The van der Waals surface area contributed by atoms with Gasteiger partial charge in [0.25, 0.3) is 0 Å². The van der Waals surface area contributed by atoms with Crippen LogP contribution in [0.15, 0.2) is 22.7 Å². The topological polar surface area (TPSA) is 61.3 Å². The minimum atomic E-state index is 0.451. The second-order valence-corrected chi connectivity index (χ2v) is 5.92. The highest BCUT2D eigenvalue weighted by Gasteiger charge is 2.24. The molecule has 0 saturated heterocycles. The third-order valence-corrected chi connectivity index (χ3v) is 4.36. The van der Waals surface area contributed by atoms with Crippen LogP contribution in [0.2, 0.25) is 0 Å². The molecule has 21 heavy (non-hydrogen) atoms. The summed E-state index contributed by atoms with van der Waals surface area (Å²) in [6, 6.07) is 6.08. The fourth-order valence-corrected chi connectivity index (χ4v) is 3.26. The number of nitrogens with zero attached hydrogens (tertiary/aromatic N) is 1. The number of nitrogen functional groups attached to an aromatic ring is 1. The Labute approximate surface area is 125 Å². The molecular formula is C17H22N2O2. The molecule has 0 aliphatic heterocycles. The molecule has 1 saturated carbocycles. The summed E-state index contributed by atoms with van der Waals surface area (Å²) < 4.78 is 11.0. The standard InChI is InChI=1S/C17H22N2O2/c1-11-7-8-14(20-2)13(9-11)16-15(21-19-17(16)18)10-12-5-3-4-6-12/h7-9,12H,3-6,10H2,1-2H3,(H2,18,19). The molecule has 0 bridgehead atoms. The Hall–Kier alpha value is -1.97. The summed E-state index contributed by atoms with van der Waals surface area (Å²) in [5.74, 6) is 2.84. The molecule has 1 aromatic carbocycles. The van der Waals surface area contributed by atoms with Crippen molar-refractivity contribution in [2.24, 2.45) is 5.92 Å². The van der Waals surface area contributed by atoms with Gasteiger partial charge in [0, 0.05) is 12.0 Å². The summed E-state index contributed by atoms with van der Waals surface area (Å²) in [5, 5.41) is 3.99. The normalized spacial score (nSPS) is 15.5. The van der Waals surface area contributed by atoms with Crippen molar-refractivity contribution in [3.8, 4) is 16.9 Å². The van der Waals surface area contributed by atoms with E-state index < -0.39 is 0 Å². The Morgan fingerprint density at radius 1 is 1.33 bits per heavy atom. The summed E-state index contributed by atoms with van der Waals surface area (Å²) in [5.41, 5.74) is 9.11. The number of aromatic nitrogens is 1. The quantitative estimate of drug-likeness (QED) is 0.923. The number of nitrogens with two attached hydrogens (primary N) is 1. The van der Waals surface area contributed by atoms with Crippen molar-refractivity contribution >= 4 is 5.82 Å². The zero-order chi connectivity index (χ0) is 14.8. The number of aryl methyl sites for hydroxylation is 1. The Kier molecular flexibility index (Phi) is 3.86. The first-order valence-electron chi connectivity index (χ1n) is 7.58. The summed E-state index contributed by atoms with van der Waals surface area (Å²) in [6.45, 7) is 2.06. The number of anilines is 1. The van der Waals surface area contributed by atoms with Gasteiger partial charge < -0.3 is 15.0 Å². The van der Waals surface area contributed by atoms with E-state index in [1.807, 2.05) is 12.1 Å². The average Bonchev–Trinajstić information content (AvgIpc) is 3.10. The van der Waals surface area contributed by atoms with Crippen LogP contribution in [0.4, 0.5) is 5.82 Å². The third kappa shape index (κ3) is 2.75. The highest BCUT2D eigenvalue weighted by Crippen LogP contribution is 2.39. The molecule has 2 N–H and O–H groups in total. The zero-order valence-corrected chi connectivity index (χ0v) is 12.7. The Morgan fingerprint density at radius 3 is 2.81 bits per heavy atom. The van der Waals surface area contributed by atoms with Gasteiger partial charge in [-0.05, 0) is 25.0 Å². The van der Waals surface area contributed by atoms with Crippen LogP contribution in [0.25, 0.3) is 11.1 Å². The summed E-state index contributed by atoms with van der Waals surface area (Å²) in [7, 11) is 1.68. The van der Waals surface area contributed by atoms with E-state index >= 15 is 0 Å². The van der Waals surface area contributed by atoms with Crippen LogP contribution in [-0.4, -0.2) is 12.3 Å². The molecule has 1 heterocycles. The molecule has 1 fully saturated rings. The highest BCUT2D eigenvalue weighted by atomic mass is 16.5. The van der Waals surface area contributed by atoms with Gasteiger partial charge in [0.2, 0.25) is 0 Å². The molecule has 4 nitrogen and oxygen atoms in total. The zero-order valence-electron chi connectivity index (χ0n) is 12.7. The molecular weight excluding hydrogens is 264 g/mol. The van der Waals surface area contributed by atoms with Crippen molar-refractivity contribution in [1.82, 2.24) is 5.16 Å². The van der Waals surface area contributed by atoms with Crippen LogP contribution >= 0.6 is 0 Å². The number of rotatable bonds is 4. The van der Waals surface area contributed by atoms with E-state index in [4.69, 9.17) is 15.0 Å². The predicted molar refractivity (Wildman–Crippen MR) is 83.3 cm³/mol. The molecule has 0 radical (unpaired) electrons. The van der Waals surface area contributed by atoms with E-state index in [1.165, 1.54) is 31.2 Å². The largest absolute Gasteiger partial charge is 0.496 e. The van der Waals surface area contributed by atoms with Crippen LogP contribution in [0, 0.1) is 12.8 Å². The second kappa shape index (κ2) is 5.80. The van der Waals surface area contributed by atoms with Gasteiger partial charge >= 0.3 is 0 Å². The van der Waals surface area contributed by atoms with Gasteiger partial charge in [0.05, 0.1) is 12.7 Å². The van der Waals surface area contributed by atoms with Crippen LogP contribution in [-0.2, 0) is 6.42 Å². The van der Waals surface area contributed by atoms with E-state index in [2.05, 4.69) is 18.1 Å². The van der Waals surface area contributed by atoms with Gasteiger partial charge in [-0.3, -0.25) is 0 Å². The molecule has 0 atom stereocenters. The van der Waals surface area contributed by atoms with E-state index in [1.54, 1.807) is 7.11 Å². The van der Waals surface area contributed by atoms with Gasteiger partial charge in [-0.2, -0.15) is 0 Å². The highest BCUT2D eigenvalue weighted by molar-refractivity contribution is 5.80. The van der Waals surface area contributed by atoms with Crippen molar-refractivity contribution in [3.63, 3.8) is 0 Å². The molecule has 0 spiro atoms. The SMILES string of the molecule is COc1ccc(C)cc1-c1c(N)noc1CC1CCCC1. The molecule has 0 unspecified atom stereocenters. The number of ether oxygens (including phenoxy) is 1. The second-order valence-electron chi connectivity index (χ2n) is 5.92. The maximum absolute atomic E-state index is 6.06. The molecule has 4 heteroatoms. The smallest absolute Gasteiger partial charge is 0.175 e. The number of hydrogen-bond donors (Lipinski definition) is 1. The molecule has 2 aromatic rings. The Morgan fingerprint density at radius 2 is 2.10 bits per heavy atom. The fraction of sp³-hybridized carbons (Fsp3) is 0.471. The molecule has 1 aliphatic rings. The maximum Gasteiger partial charge on any atom is 0.175 e. The van der Waals surface area contributed by atoms with Crippen molar-refractivity contribution in [2.75, 3.05) is 12.8 Å². The van der Waals surface area contributed by atoms with Crippen molar-refractivity contribution in [2.45, 2.75) is 39.0 Å². The van der Waals surface area contributed by atoms with E-state index in [0.717, 1.165) is 29.1 Å². The van der Waals surface area contributed by atoms with Gasteiger partial charge in [-0.1, -0.05) is 42.5 Å². The van der Waals surface area contributed by atoms with Crippen molar-refractivity contribution in [1.29, 1.82) is 0 Å². The first-order valence-corrected chi connectivity index (χ1v) is 7.58. The summed E-state index contributed by atoms with van der Waals surface area (Å²) >= 11 is 0. The first-order chi connectivity index (χ1) is 10.2. The van der Waals surface area contributed by atoms with Gasteiger partial charge in [0.1, 0.15) is 11.5 Å². The van der Waals surface area contributed by atoms with Crippen LogP contribution in [0.3, 0.4) is 0 Å². The molecule has 112 valence electrons. The summed E-state index contributed by atoms with van der Waals surface area (Å²) in [4.78, 5) is 0. The van der Waals surface area contributed by atoms with Gasteiger partial charge in [-0.15, -0.1) is 0 Å². The number of methoxy groups -OCH3 is 1. The average molecular weight is 286 g/mol. The summed E-state index contributed by atoms with van der Waals surface area (Å²) in [6.07, 6.45) is 6.08. The van der Waals surface area contributed by atoms with Crippen molar-refractivity contribution < 1.29 is 9.26 Å². The van der Waals surface area contributed by atoms with Crippen molar-refractivity contribution in [3.05, 3.63) is 29.5 Å². The van der Waals surface area contributed by atoms with Crippen LogP contribution < -0.4 is 10.5 Å². The molecule has 0 amide bonds. The fourth-order valence-electron chi connectivity index (χ4n) is 3.26. The van der Waals surface area contributed by atoms with E-state index in [-0.39, 0.29) is 0 Å². The molecule has 1 aliphatic carbocycles. The van der Waals surface area contributed by atoms with E-state index in [9.17, 15) is 0 Å². The Bertz CT molecular complexity index is 628. The first kappa shape index (κ1) is 14.0.